The van der Waals surface area contributed by atoms with E-state index in [-0.39, 0.29) is 35.7 Å². The molecule has 3 aliphatic rings. The molecule has 1 spiro atoms. The normalized spacial score (nSPS) is 36.7. The number of nitrogens with one attached hydrogen (secondary N) is 1. The summed E-state index contributed by atoms with van der Waals surface area (Å²) in [6.45, 7) is 11.5. The first kappa shape index (κ1) is 28.3. The van der Waals surface area contributed by atoms with E-state index >= 15 is 0 Å². The number of aliphatic hydroxyl groups excluding tert-OH is 1. The van der Waals surface area contributed by atoms with Gasteiger partial charge in [0.05, 0.1) is 11.7 Å². The molecule has 0 aromatic carbocycles. The van der Waals surface area contributed by atoms with E-state index in [1.807, 2.05) is 13.8 Å². The van der Waals surface area contributed by atoms with Crippen LogP contribution in [0.1, 0.15) is 57.4 Å². The predicted molar refractivity (Wildman–Crippen MR) is 142 cm³/mol. The number of methoxy groups -OCH3 is 1. The van der Waals surface area contributed by atoms with Crippen LogP contribution in [0.25, 0.3) is 0 Å². The van der Waals surface area contributed by atoms with Crippen LogP contribution in [-0.2, 0) is 23.7 Å². The second kappa shape index (κ2) is 11.6. The molecule has 0 amide bonds. The van der Waals surface area contributed by atoms with Crippen molar-refractivity contribution in [1.82, 2.24) is 4.98 Å². The summed E-state index contributed by atoms with van der Waals surface area (Å²) in [6.07, 6.45) is 8.38. The number of H-pyrrole nitrogens is 1. The zero-order chi connectivity index (χ0) is 27.6. The number of ether oxygens (including phenoxy) is 4. The highest BCUT2D eigenvalue weighted by Gasteiger charge is 2.57. The van der Waals surface area contributed by atoms with Gasteiger partial charge in [-0.3, -0.25) is 0 Å². The van der Waals surface area contributed by atoms with Gasteiger partial charge in [0.1, 0.15) is 24.0 Å². The lowest BCUT2D eigenvalue weighted by molar-refractivity contribution is -0.166. The highest BCUT2D eigenvalue weighted by Crippen LogP contribution is 2.53. The van der Waals surface area contributed by atoms with Gasteiger partial charge in [0.2, 0.25) is 0 Å². The number of rotatable bonds is 8. The van der Waals surface area contributed by atoms with E-state index in [4.69, 9.17) is 18.9 Å². The van der Waals surface area contributed by atoms with Crippen LogP contribution in [0.15, 0.2) is 54.8 Å². The van der Waals surface area contributed by atoms with Crippen LogP contribution in [0.2, 0.25) is 0 Å². The Morgan fingerprint density at radius 2 is 2.13 bits per heavy atom. The molecule has 8 nitrogen and oxygen atoms in total. The van der Waals surface area contributed by atoms with Gasteiger partial charge in [0.15, 0.2) is 6.10 Å². The van der Waals surface area contributed by atoms with Crippen LogP contribution < -0.4 is 0 Å². The first-order chi connectivity index (χ1) is 18.1. The van der Waals surface area contributed by atoms with Crippen LogP contribution in [0.3, 0.4) is 0 Å². The molecule has 2 aliphatic heterocycles. The highest BCUT2D eigenvalue weighted by atomic mass is 16.6. The maximum atomic E-state index is 13.1. The van der Waals surface area contributed by atoms with Crippen molar-refractivity contribution in [3.05, 3.63) is 60.5 Å². The first-order valence-electron chi connectivity index (χ1n) is 13.5. The Labute approximate surface area is 225 Å². The quantitative estimate of drug-likeness (QED) is 0.382. The fourth-order valence-electron chi connectivity index (χ4n) is 6.13. The molecule has 8 heteroatoms. The lowest BCUT2D eigenvalue weighted by Gasteiger charge is -2.41. The molecule has 208 valence electrons. The molecule has 1 fully saturated rings. The number of aromatic nitrogens is 1. The van der Waals surface area contributed by atoms with E-state index in [2.05, 4.69) is 36.7 Å². The summed E-state index contributed by atoms with van der Waals surface area (Å²) >= 11 is 0. The van der Waals surface area contributed by atoms with Gasteiger partial charge in [-0.25, -0.2) is 9.59 Å². The maximum Gasteiger partial charge on any atom is 0.355 e. The average molecular weight is 528 g/mol. The molecule has 0 saturated carbocycles. The Hall–Kier alpha value is -2.68. The third kappa shape index (κ3) is 5.40. The molecule has 38 heavy (non-hydrogen) atoms. The summed E-state index contributed by atoms with van der Waals surface area (Å²) in [5, 5.41) is 10.5. The van der Waals surface area contributed by atoms with Gasteiger partial charge in [-0.1, -0.05) is 38.2 Å². The summed E-state index contributed by atoms with van der Waals surface area (Å²) in [5.74, 6) is -1.51. The number of aromatic amines is 1. The average Bonchev–Trinajstić information content (AvgIpc) is 3.53. The molecule has 0 radical (unpaired) electrons. The van der Waals surface area contributed by atoms with E-state index in [9.17, 15) is 14.7 Å². The van der Waals surface area contributed by atoms with Gasteiger partial charge in [0.25, 0.3) is 0 Å². The first-order valence-corrected chi connectivity index (χ1v) is 13.5. The van der Waals surface area contributed by atoms with Crippen LogP contribution in [0.4, 0.5) is 0 Å². The zero-order valence-corrected chi connectivity index (χ0v) is 23.0. The fourth-order valence-corrected chi connectivity index (χ4v) is 6.13. The van der Waals surface area contributed by atoms with Gasteiger partial charge >= 0.3 is 11.9 Å². The molecule has 1 aromatic rings. The molecule has 4 rings (SSSR count). The topological polar surface area (TPSA) is 107 Å². The SMILES string of the molecule is C=CC[C@@H]1OC(=O)[C@@H](OC)C[C@H]2C=C[C@@H]3C[C@]2(O[C@H]3[C@H](OC(=O)c2ccc[nH]2)[C@H](C)[C@H](C)O)/C(C)=C/[C@H]1C. The molecule has 1 aromatic heterocycles. The van der Waals surface area contributed by atoms with Crippen molar-refractivity contribution in [2.24, 2.45) is 23.7 Å². The number of esters is 2. The molecular formula is C30H41NO7. The standard InChI is InChI=1S/C30H41NO7/c1-7-9-24-17(2)14-18(3)30-16-21(11-12-22(30)15-25(35-6)29(34)36-24)27(38-30)26(19(4)20(5)32)37-28(33)23-10-8-13-31-23/h7-8,10-14,17,19-22,24-27,31-32H,1,9,15-16H2,2-6H3/b18-14+/t17-,19-,20+,21-,22-,24+,25+,26-,27-,30+/m1/s1. The Morgan fingerprint density at radius 1 is 1.37 bits per heavy atom. The van der Waals surface area contributed by atoms with Crippen molar-refractivity contribution in [1.29, 1.82) is 0 Å². The Morgan fingerprint density at radius 3 is 2.76 bits per heavy atom. The molecule has 1 saturated heterocycles. The van der Waals surface area contributed by atoms with Gasteiger partial charge in [-0.05, 0) is 44.4 Å². The lowest BCUT2D eigenvalue weighted by Crippen LogP contribution is -2.46. The van der Waals surface area contributed by atoms with Crippen molar-refractivity contribution in [3.63, 3.8) is 0 Å². The van der Waals surface area contributed by atoms with Crippen molar-refractivity contribution in [2.75, 3.05) is 7.11 Å². The third-order valence-electron chi connectivity index (χ3n) is 8.61. The highest BCUT2D eigenvalue weighted by molar-refractivity contribution is 5.87. The number of fused-ring (bicyclic) bond motifs is 1. The van der Waals surface area contributed by atoms with Crippen LogP contribution >= 0.6 is 0 Å². The van der Waals surface area contributed by atoms with E-state index < -0.39 is 36.0 Å². The van der Waals surface area contributed by atoms with Crippen molar-refractivity contribution >= 4 is 11.9 Å². The van der Waals surface area contributed by atoms with Gasteiger partial charge in [0, 0.05) is 43.4 Å². The molecule has 2 bridgehead atoms. The largest absolute Gasteiger partial charge is 0.460 e. The van der Waals surface area contributed by atoms with Crippen molar-refractivity contribution in [3.8, 4) is 0 Å². The minimum atomic E-state index is -0.746. The number of cyclic esters (lactones) is 1. The van der Waals surface area contributed by atoms with E-state index in [0.717, 1.165) is 5.57 Å². The van der Waals surface area contributed by atoms with Crippen molar-refractivity contribution in [2.45, 2.75) is 83.1 Å². The number of hydrogen-bond acceptors (Lipinski definition) is 7. The number of carbonyl (C=O) groups excluding carboxylic acids is 2. The molecule has 1 aliphatic carbocycles. The smallest absolute Gasteiger partial charge is 0.355 e. The maximum absolute atomic E-state index is 13.1. The number of hydrogen-bond donors (Lipinski definition) is 2. The minimum Gasteiger partial charge on any atom is -0.460 e. The Kier molecular flexibility index (Phi) is 8.65. The minimum absolute atomic E-state index is 0.0348. The van der Waals surface area contributed by atoms with Crippen LogP contribution in [0.5, 0.6) is 0 Å². The monoisotopic (exact) mass is 527 g/mol. The summed E-state index contributed by atoms with van der Waals surface area (Å²) in [7, 11) is 1.52. The molecule has 2 N–H and O–H groups in total. The van der Waals surface area contributed by atoms with Gasteiger partial charge in [-0.2, -0.15) is 0 Å². The summed E-state index contributed by atoms with van der Waals surface area (Å²) in [4.78, 5) is 28.9. The van der Waals surface area contributed by atoms with Crippen LogP contribution in [0, 0.1) is 23.7 Å². The van der Waals surface area contributed by atoms with Crippen molar-refractivity contribution < 1.29 is 33.6 Å². The molecule has 3 heterocycles. The predicted octanol–water partition coefficient (Wildman–Crippen LogP) is 4.38. The second-order valence-electron chi connectivity index (χ2n) is 11.1. The molecular weight excluding hydrogens is 486 g/mol. The number of carbonyl (C=O) groups is 2. The molecule has 10 atom stereocenters. The van der Waals surface area contributed by atoms with Crippen LogP contribution in [-0.4, -0.2) is 65.3 Å². The van der Waals surface area contributed by atoms with E-state index in [0.29, 0.717) is 25.0 Å². The fraction of sp³-hybridized carbons (Fsp3) is 0.600. The zero-order valence-electron chi connectivity index (χ0n) is 23.0. The van der Waals surface area contributed by atoms with E-state index in [1.165, 1.54) is 7.11 Å². The number of aliphatic hydroxyl groups is 1. The second-order valence-corrected chi connectivity index (χ2v) is 11.1. The van der Waals surface area contributed by atoms with E-state index in [1.54, 1.807) is 31.3 Å². The summed E-state index contributed by atoms with van der Waals surface area (Å²) < 4.78 is 24.5. The lowest BCUT2D eigenvalue weighted by atomic mass is 9.69. The third-order valence-corrected chi connectivity index (χ3v) is 8.61. The van der Waals surface area contributed by atoms with Gasteiger partial charge < -0.3 is 29.0 Å². The van der Waals surface area contributed by atoms with Gasteiger partial charge in [-0.15, -0.1) is 6.58 Å². The Balaban J connectivity index is 1.72. The summed E-state index contributed by atoms with van der Waals surface area (Å²) in [6, 6.07) is 3.40. The molecule has 0 unspecified atom stereocenters. The summed E-state index contributed by atoms with van der Waals surface area (Å²) in [5.41, 5.74) is 0.688. The Bertz CT molecular complexity index is 1060.